The van der Waals surface area contributed by atoms with Crippen LogP contribution in [0.3, 0.4) is 0 Å². The second kappa shape index (κ2) is 4.08. The van der Waals surface area contributed by atoms with Gasteiger partial charge in [0.2, 0.25) is 0 Å². The maximum Gasteiger partial charge on any atom is 0.100 e. The number of nitrogens with zero attached hydrogens (tertiary/aromatic N) is 1. The Labute approximate surface area is 129 Å². The van der Waals surface area contributed by atoms with E-state index < -0.39 is 0 Å². The predicted molar refractivity (Wildman–Crippen MR) is 87.9 cm³/mol. The van der Waals surface area contributed by atoms with Crippen LogP contribution in [0.25, 0.3) is 10.8 Å². The summed E-state index contributed by atoms with van der Waals surface area (Å²) in [6.07, 6.45) is 4.57. The first kappa shape index (κ1) is 11.8. The molecule has 2 bridgehead atoms. The molecule has 0 saturated heterocycles. The van der Waals surface area contributed by atoms with Crippen LogP contribution in [0, 0.1) is 11.3 Å². The molecule has 0 aromatic heterocycles. The normalized spacial score (nSPS) is 20.5. The van der Waals surface area contributed by atoms with E-state index in [1.165, 1.54) is 22.3 Å². The summed E-state index contributed by atoms with van der Waals surface area (Å²) in [6.45, 7) is 0. The number of allylic oxidation sites excluding steroid dienone is 2. The van der Waals surface area contributed by atoms with Crippen LogP contribution >= 0.6 is 0 Å². The highest BCUT2D eigenvalue weighted by Crippen LogP contribution is 2.51. The van der Waals surface area contributed by atoms with E-state index in [0.717, 1.165) is 16.3 Å². The smallest absolute Gasteiger partial charge is 0.100 e. The molecular weight excluding hydrogens is 266 g/mol. The average Bonchev–Trinajstić information content (AvgIpc) is 2.60. The van der Waals surface area contributed by atoms with Gasteiger partial charge in [0.05, 0.1) is 5.56 Å². The van der Waals surface area contributed by atoms with Gasteiger partial charge in [0, 0.05) is 11.8 Å². The third kappa shape index (κ3) is 1.32. The molecule has 3 aromatic carbocycles. The van der Waals surface area contributed by atoms with E-state index >= 15 is 0 Å². The number of rotatable bonds is 0. The summed E-state index contributed by atoms with van der Waals surface area (Å²) in [5.74, 6) is 0.503. The van der Waals surface area contributed by atoms with Crippen LogP contribution in [0.1, 0.15) is 39.7 Å². The second-order valence-electron chi connectivity index (χ2n) is 6.06. The zero-order chi connectivity index (χ0) is 14.7. The molecule has 0 aliphatic heterocycles. The van der Waals surface area contributed by atoms with Crippen LogP contribution in [0.15, 0.2) is 66.7 Å². The number of hydrogen-bond donors (Lipinski definition) is 0. The maximum absolute atomic E-state index is 9.79. The van der Waals surface area contributed by atoms with Crippen molar-refractivity contribution < 1.29 is 0 Å². The molecule has 0 saturated carbocycles. The molecule has 2 unspecified atom stereocenters. The topological polar surface area (TPSA) is 23.8 Å². The van der Waals surface area contributed by atoms with E-state index in [-0.39, 0.29) is 11.8 Å². The van der Waals surface area contributed by atoms with Crippen LogP contribution in [0.2, 0.25) is 0 Å². The van der Waals surface area contributed by atoms with E-state index in [4.69, 9.17) is 0 Å². The van der Waals surface area contributed by atoms with Gasteiger partial charge in [-0.2, -0.15) is 5.26 Å². The van der Waals surface area contributed by atoms with Crippen molar-refractivity contribution in [2.45, 2.75) is 11.8 Å². The average molecular weight is 279 g/mol. The minimum Gasteiger partial charge on any atom is -0.192 e. The molecule has 6 rings (SSSR count). The van der Waals surface area contributed by atoms with Crippen LogP contribution in [0.4, 0.5) is 0 Å². The Morgan fingerprint density at radius 3 is 2.27 bits per heavy atom. The van der Waals surface area contributed by atoms with Gasteiger partial charge in [0.1, 0.15) is 6.07 Å². The summed E-state index contributed by atoms with van der Waals surface area (Å²) in [6, 6.07) is 21.6. The molecule has 1 heteroatoms. The quantitative estimate of drug-likeness (QED) is 0.539. The van der Waals surface area contributed by atoms with Gasteiger partial charge in [-0.1, -0.05) is 60.7 Å². The molecule has 0 spiro atoms. The summed E-state index contributed by atoms with van der Waals surface area (Å²) in [5, 5.41) is 12.0. The fraction of sp³-hybridized carbons (Fsp3) is 0.0952. The Kier molecular flexibility index (Phi) is 2.19. The molecule has 0 radical (unpaired) electrons. The largest absolute Gasteiger partial charge is 0.192 e. The van der Waals surface area contributed by atoms with E-state index in [1.807, 2.05) is 12.1 Å². The second-order valence-corrected chi connectivity index (χ2v) is 6.06. The SMILES string of the molecule is N#Cc1c2c(cc3ccccc13)C1C=CC2c2ccccc21. The summed E-state index contributed by atoms with van der Waals surface area (Å²) in [7, 11) is 0. The summed E-state index contributed by atoms with van der Waals surface area (Å²) in [4.78, 5) is 0. The van der Waals surface area contributed by atoms with Gasteiger partial charge >= 0.3 is 0 Å². The highest BCUT2D eigenvalue weighted by atomic mass is 14.4. The fourth-order valence-electron chi connectivity index (χ4n) is 4.13. The first-order valence-electron chi connectivity index (χ1n) is 7.61. The third-order valence-corrected chi connectivity index (χ3v) is 5.04. The zero-order valence-corrected chi connectivity index (χ0v) is 12.0. The van der Waals surface area contributed by atoms with Gasteiger partial charge in [-0.25, -0.2) is 0 Å². The van der Waals surface area contributed by atoms with Gasteiger partial charge in [0.15, 0.2) is 0 Å². The molecule has 102 valence electrons. The fourth-order valence-corrected chi connectivity index (χ4v) is 4.13. The van der Waals surface area contributed by atoms with Gasteiger partial charge in [-0.15, -0.1) is 0 Å². The molecule has 3 aromatic rings. The van der Waals surface area contributed by atoms with E-state index in [1.54, 1.807) is 0 Å². The van der Waals surface area contributed by atoms with Crippen LogP contribution in [-0.2, 0) is 0 Å². The van der Waals surface area contributed by atoms with Crippen molar-refractivity contribution in [1.82, 2.24) is 0 Å². The molecule has 2 atom stereocenters. The third-order valence-electron chi connectivity index (χ3n) is 5.04. The Bertz CT molecular complexity index is 1000. The molecule has 3 aliphatic carbocycles. The number of benzene rings is 3. The molecule has 0 amide bonds. The van der Waals surface area contributed by atoms with Gasteiger partial charge in [-0.05, 0) is 39.1 Å². The maximum atomic E-state index is 9.79. The molecule has 0 N–H and O–H groups in total. The Morgan fingerprint density at radius 2 is 1.45 bits per heavy atom. The van der Waals surface area contributed by atoms with E-state index in [0.29, 0.717) is 0 Å². The first-order valence-corrected chi connectivity index (χ1v) is 7.61. The standard InChI is InChI=1S/C21H13N/c22-12-20-14-6-2-1-5-13(14)11-19-17-9-10-18(21(19)20)16-8-4-3-7-15(16)17/h1-11,17-18H. The zero-order valence-electron chi connectivity index (χ0n) is 12.0. The summed E-state index contributed by atoms with van der Waals surface area (Å²) < 4.78 is 0. The van der Waals surface area contributed by atoms with Crippen molar-refractivity contribution in [2.24, 2.45) is 0 Å². The predicted octanol–water partition coefficient (Wildman–Crippen LogP) is 4.86. The molecule has 0 fully saturated rings. The van der Waals surface area contributed by atoms with E-state index in [9.17, 15) is 5.26 Å². The van der Waals surface area contributed by atoms with Gasteiger partial charge in [0.25, 0.3) is 0 Å². The Hall–Kier alpha value is -2.85. The van der Waals surface area contributed by atoms with Crippen molar-refractivity contribution in [3.63, 3.8) is 0 Å². The molecule has 3 aliphatic rings. The lowest BCUT2D eigenvalue weighted by Crippen LogP contribution is -2.21. The van der Waals surface area contributed by atoms with Gasteiger partial charge < -0.3 is 0 Å². The van der Waals surface area contributed by atoms with Crippen molar-refractivity contribution in [2.75, 3.05) is 0 Å². The van der Waals surface area contributed by atoms with Crippen molar-refractivity contribution in [1.29, 1.82) is 5.26 Å². The van der Waals surface area contributed by atoms with E-state index in [2.05, 4.69) is 60.7 Å². The number of hydrogen-bond acceptors (Lipinski definition) is 1. The molecule has 22 heavy (non-hydrogen) atoms. The monoisotopic (exact) mass is 279 g/mol. The van der Waals surface area contributed by atoms with Crippen molar-refractivity contribution in [3.8, 4) is 6.07 Å². The van der Waals surface area contributed by atoms with Crippen molar-refractivity contribution in [3.05, 3.63) is 94.6 Å². The van der Waals surface area contributed by atoms with Crippen LogP contribution < -0.4 is 0 Å². The lowest BCUT2D eigenvalue weighted by Gasteiger charge is -2.37. The van der Waals surface area contributed by atoms with Crippen molar-refractivity contribution >= 4 is 10.8 Å². The lowest BCUT2D eigenvalue weighted by atomic mass is 9.66. The van der Waals surface area contributed by atoms with Crippen LogP contribution in [-0.4, -0.2) is 0 Å². The number of fused-ring (bicyclic) bond motifs is 1. The minimum atomic E-state index is 0.218. The highest BCUT2D eigenvalue weighted by molar-refractivity contribution is 5.92. The summed E-state index contributed by atoms with van der Waals surface area (Å²) in [5.41, 5.74) is 6.12. The molecule has 0 heterocycles. The molecule has 1 nitrogen and oxygen atoms in total. The lowest BCUT2D eigenvalue weighted by molar-refractivity contribution is 0.811. The minimum absolute atomic E-state index is 0.218. The number of nitriles is 1. The Morgan fingerprint density at radius 1 is 0.773 bits per heavy atom. The molecular formula is C21H13N. The van der Waals surface area contributed by atoms with Gasteiger partial charge in [-0.3, -0.25) is 0 Å². The Balaban J connectivity index is 1.93. The first-order chi connectivity index (χ1) is 10.9. The highest BCUT2D eigenvalue weighted by Gasteiger charge is 2.35. The van der Waals surface area contributed by atoms with Crippen LogP contribution in [0.5, 0.6) is 0 Å². The summed E-state index contributed by atoms with van der Waals surface area (Å²) >= 11 is 0.